The number of carbonyl (C=O) groups excluding carboxylic acids is 1. The molecule has 3 rings (SSSR count). The fraction of sp³-hybridized carbons (Fsp3) is 0.556. The highest BCUT2D eigenvalue weighted by Crippen LogP contribution is 2.21. The minimum atomic E-state index is -3.52. The maximum Gasteiger partial charge on any atom is 0.253 e. The fourth-order valence-corrected chi connectivity index (χ4v) is 4.76. The quantitative estimate of drug-likeness (QED) is 0.786. The number of sulfonamides is 1. The molecule has 0 saturated carbocycles. The standard InChI is InChI=1S/C18H24N4O3S/c1-20-10-12-22(13-11-20)26(24,25)17-4-2-16(3-5-17)18(23)21-8-6-15(14-19)7-9-21/h2-5,15H,6-13H2,1H3. The number of piperazine rings is 1. The highest BCUT2D eigenvalue weighted by molar-refractivity contribution is 7.89. The van der Waals surface area contributed by atoms with Gasteiger partial charge in [-0.2, -0.15) is 9.57 Å². The summed E-state index contributed by atoms with van der Waals surface area (Å²) >= 11 is 0. The van der Waals surface area contributed by atoms with Crippen LogP contribution in [0.2, 0.25) is 0 Å². The van der Waals surface area contributed by atoms with Crippen LogP contribution in [0.4, 0.5) is 0 Å². The minimum absolute atomic E-state index is 0.0233. The molecule has 2 aliphatic rings. The number of piperidine rings is 1. The van der Waals surface area contributed by atoms with E-state index >= 15 is 0 Å². The van der Waals surface area contributed by atoms with Crippen molar-refractivity contribution in [3.8, 4) is 6.07 Å². The van der Waals surface area contributed by atoms with Crippen LogP contribution in [0, 0.1) is 17.2 Å². The summed E-state index contributed by atoms with van der Waals surface area (Å²) < 4.78 is 27.0. The zero-order valence-electron chi connectivity index (χ0n) is 15.0. The first-order chi connectivity index (χ1) is 12.4. The monoisotopic (exact) mass is 376 g/mol. The summed E-state index contributed by atoms with van der Waals surface area (Å²) in [5.74, 6) is -0.0832. The van der Waals surface area contributed by atoms with E-state index in [4.69, 9.17) is 5.26 Å². The van der Waals surface area contributed by atoms with Crippen molar-refractivity contribution in [2.75, 3.05) is 46.3 Å². The van der Waals surface area contributed by atoms with Gasteiger partial charge in [-0.3, -0.25) is 4.79 Å². The lowest BCUT2D eigenvalue weighted by Gasteiger charge is -2.31. The number of likely N-dealkylation sites (tertiary alicyclic amines) is 1. The molecule has 2 heterocycles. The van der Waals surface area contributed by atoms with Crippen molar-refractivity contribution in [3.63, 3.8) is 0 Å². The molecule has 0 atom stereocenters. The molecule has 2 aliphatic heterocycles. The smallest absolute Gasteiger partial charge is 0.253 e. The van der Waals surface area contributed by atoms with Crippen molar-refractivity contribution in [2.45, 2.75) is 17.7 Å². The Morgan fingerprint density at radius 1 is 1.04 bits per heavy atom. The van der Waals surface area contributed by atoms with E-state index in [0.717, 1.165) is 0 Å². The van der Waals surface area contributed by atoms with Gasteiger partial charge in [0.15, 0.2) is 0 Å². The molecular weight excluding hydrogens is 352 g/mol. The minimum Gasteiger partial charge on any atom is -0.339 e. The van der Waals surface area contributed by atoms with Gasteiger partial charge in [0.25, 0.3) is 5.91 Å². The fourth-order valence-electron chi connectivity index (χ4n) is 3.34. The average Bonchev–Trinajstić information content (AvgIpc) is 2.68. The molecule has 0 aliphatic carbocycles. The van der Waals surface area contributed by atoms with Gasteiger partial charge in [0.2, 0.25) is 10.0 Å². The predicted molar refractivity (Wildman–Crippen MR) is 96.9 cm³/mol. The number of amides is 1. The van der Waals surface area contributed by atoms with Crippen LogP contribution in [-0.4, -0.2) is 74.7 Å². The molecule has 0 unspecified atom stereocenters. The number of carbonyl (C=O) groups is 1. The van der Waals surface area contributed by atoms with Crippen molar-refractivity contribution in [1.29, 1.82) is 5.26 Å². The van der Waals surface area contributed by atoms with Crippen LogP contribution in [0.1, 0.15) is 23.2 Å². The van der Waals surface area contributed by atoms with Gasteiger partial charge in [-0.25, -0.2) is 8.42 Å². The number of hydrogen-bond acceptors (Lipinski definition) is 5. The van der Waals surface area contributed by atoms with Gasteiger partial charge < -0.3 is 9.80 Å². The first-order valence-electron chi connectivity index (χ1n) is 8.89. The van der Waals surface area contributed by atoms with Crippen molar-refractivity contribution < 1.29 is 13.2 Å². The molecule has 26 heavy (non-hydrogen) atoms. The highest BCUT2D eigenvalue weighted by atomic mass is 32.2. The molecular formula is C18H24N4O3S. The molecule has 0 N–H and O–H groups in total. The van der Waals surface area contributed by atoms with E-state index in [-0.39, 0.29) is 16.7 Å². The lowest BCUT2D eigenvalue weighted by molar-refractivity contribution is 0.0707. The van der Waals surface area contributed by atoms with Gasteiger partial charge >= 0.3 is 0 Å². The molecule has 8 heteroatoms. The Morgan fingerprint density at radius 2 is 1.62 bits per heavy atom. The number of nitrogens with zero attached hydrogens (tertiary/aromatic N) is 4. The van der Waals surface area contributed by atoms with E-state index in [1.54, 1.807) is 17.0 Å². The van der Waals surface area contributed by atoms with E-state index in [9.17, 15) is 13.2 Å². The topological polar surface area (TPSA) is 84.7 Å². The first kappa shape index (κ1) is 18.8. The Morgan fingerprint density at radius 3 is 2.15 bits per heavy atom. The number of hydrogen-bond donors (Lipinski definition) is 0. The van der Waals surface area contributed by atoms with Crippen LogP contribution < -0.4 is 0 Å². The summed E-state index contributed by atoms with van der Waals surface area (Å²) in [6.45, 7) is 3.53. The van der Waals surface area contributed by atoms with E-state index < -0.39 is 10.0 Å². The van der Waals surface area contributed by atoms with Gasteiger partial charge in [0.1, 0.15) is 0 Å². The van der Waals surface area contributed by atoms with E-state index in [1.165, 1.54) is 16.4 Å². The number of nitriles is 1. The van der Waals surface area contributed by atoms with Gasteiger partial charge in [0, 0.05) is 50.7 Å². The molecule has 140 valence electrons. The molecule has 0 radical (unpaired) electrons. The Balaban J connectivity index is 1.68. The molecule has 7 nitrogen and oxygen atoms in total. The lowest BCUT2D eigenvalue weighted by atomic mass is 9.98. The van der Waals surface area contributed by atoms with Gasteiger partial charge in [-0.05, 0) is 44.2 Å². The normalized spacial score (nSPS) is 20.7. The van der Waals surface area contributed by atoms with Crippen LogP contribution in [0.25, 0.3) is 0 Å². The Labute approximate surface area is 154 Å². The molecule has 2 fully saturated rings. The van der Waals surface area contributed by atoms with Gasteiger partial charge in [-0.15, -0.1) is 0 Å². The van der Waals surface area contributed by atoms with Crippen molar-refractivity contribution in [1.82, 2.24) is 14.1 Å². The predicted octanol–water partition coefficient (Wildman–Crippen LogP) is 0.998. The second-order valence-corrected chi connectivity index (χ2v) is 8.87. The zero-order valence-corrected chi connectivity index (χ0v) is 15.8. The van der Waals surface area contributed by atoms with Crippen LogP contribution in [0.3, 0.4) is 0 Å². The zero-order chi connectivity index (χ0) is 18.7. The highest BCUT2D eigenvalue weighted by Gasteiger charge is 2.28. The number of likely N-dealkylation sites (N-methyl/N-ethyl adjacent to an activating group) is 1. The summed E-state index contributed by atoms with van der Waals surface area (Å²) in [7, 11) is -1.54. The SMILES string of the molecule is CN1CCN(S(=O)(=O)c2ccc(C(=O)N3CCC(C#N)CC3)cc2)CC1. The molecule has 0 aromatic heterocycles. The Bertz CT molecular complexity index is 785. The molecule has 1 amide bonds. The number of rotatable bonds is 3. The summed E-state index contributed by atoms with van der Waals surface area (Å²) in [6.07, 6.45) is 1.39. The molecule has 2 saturated heterocycles. The number of benzene rings is 1. The Kier molecular flexibility index (Phi) is 5.61. The molecule has 1 aromatic carbocycles. The molecule has 0 bridgehead atoms. The van der Waals surface area contributed by atoms with Gasteiger partial charge in [0.05, 0.1) is 11.0 Å². The first-order valence-corrected chi connectivity index (χ1v) is 10.3. The van der Waals surface area contributed by atoms with Crippen LogP contribution in [0.5, 0.6) is 0 Å². The van der Waals surface area contributed by atoms with E-state index in [2.05, 4.69) is 11.0 Å². The third kappa shape index (κ3) is 3.90. The second-order valence-electron chi connectivity index (χ2n) is 6.93. The van der Waals surface area contributed by atoms with Crippen molar-refractivity contribution in [3.05, 3.63) is 29.8 Å². The van der Waals surface area contributed by atoms with E-state index in [0.29, 0.717) is 57.7 Å². The Hall–Kier alpha value is -1.95. The van der Waals surface area contributed by atoms with Crippen molar-refractivity contribution in [2.24, 2.45) is 5.92 Å². The third-order valence-corrected chi connectivity index (χ3v) is 7.08. The van der Waals surface area contributed by atoms with Crippen LogP contribution >= 0.6 is 0 Å². The molecule has 1 aromatic rings. The van der Waals surface area contributed by atoms with Gasteiger partial charge in [-0.1, -0.05) is 0 Å². The summed E-state index contributed by atoms with van der Waals surface area (Å²) in [4.78, 5) is 16.6. The van der Waals surface area contributed by atoms with Crippen LogP contribution in [-0.2, 0) is 10.0 Å². The maximum absolute atomic E-state index is 12.7. The lowest BCUT2D eigenvalue weighted by Crippen LogP contribution is -2.47. The van der Waals surface area contributed by atoms with Crippen molar-refractivity contribution >= 4 is 15.9 Å². The summed E-state index contributed by atoms with van der Waals surface area (Å²) in [6, 6.07) is 8.45. The van der Waals surface area contributed by atoms with Crippen LogP contribution in [0.15, 0.2) is 29.2 Å². The van der Waals surface area contributed by atoms with E-state index in [1.807, 2.05) is 7.05 Å². The average molecular weight is 376 g/mol. The largest absolute Gasteiger partial charge is 0.339 e. The maximum atomic E-state index is 12.7. The summed E-state index contributed by atoms with van der Waals surface area (Å²) in [5.41, 5.74) is 0.484. The third-order valence-electron chi connectivity index (χ3n) is 5.17. The summed E-state index contributed by atoms with van der Waals surface area (Å²) in [5, 5.41) is 8.94. The molecule has 0 spiro atoms. The second kappa shape index (κ2) is 7.74.